The van der Waals surface area contributed by atoms with Crippen molar-refractivity contribution in [1.82, 2.24) is 4.90 Å². The lowest BCUT2D eigenvalue weighted by Crippen LogP contribution is -2.51. The van der Waals surface area contributed by atoms with Crippen molar-refractivity contribution in [3.8, 4) is 0 Å². The number of alkyl halides is 3. The van der Waals surface area contributed by atoms with Gasteiger partial charge in [0.15, 0.2) is 5.60 Å². The average Bonchev–Trinajstić information content (AvgIpc) is 3.73. The molecular formula is C28H28Cl2F3IN2O2. The standard InChI is InChI=1S/C28H28Cl2F3IN2O2/c29-18-5-6-21(23(30)9-18)27(38)25-22(28(31,32)33)10-19(34)11-24(25)36(26(27)37)14-17-7-20(8-17)35(12-15-1-2-15)13-16-3-4-16/h5-6,9-11,15-17,20,38H,1-4,7-8,12-14H2. The van der Waals surface area contributed by atoms with E-state index in [4.69, 9.17) is 23.2 Å². The van der Waals surface area contributed by atoms with Gasteiger partial charge in [-0.3, -0.25) is 9.69 Å². The molecule has 0 bridgehead atoms. The maximum atomic E-state index is 14.3. The van der Waals surface area contributed by atoms with Crippen LogP contribution in [0.5, 0.6) is 0 Å². The summed E-state index contributed by atoms with van der Waals surface area (Å²) in [5.74, 6) is 0.928. The van der Waals surface area contributed by atoms with Crippen molar-refractivity contribution in [2.75, 3.05) is 24.5 Å². The van der Waals surface area contributed by atoms with Crippen molar-refractivity contribution in [3.63, 3.8) is 0 Å². The molecule has 3 saturated carbocycles. The number of hydrogen-bond acceptors (Lipinski definition) is 3. The second kappa shape index (κ2) is 9.79. The molecule has 0 spiro atoms. The van der Waals surface area contributed by atoms with Gasteiger partial charge in [-0.05, 0) is 103 Å². The van der Waals surface area contributed by atoms with Crippen molar-refractivity contribution < 1.29 is 23.1 Å². The van der Waals surface area contributed by atoms with E-state index in [0.29, 0.717) is 9.61 Å². The van der Waals surface area contributed by atoms with Crippen molar-refractivity contribution in [2.24, 2.45) is 17.8 Å². The van der Waals surface area contributed by atoms with Gasteiger partial charge in [-0.2, -0.15) is 13.2 Å². The lowest BCUT2D eigenvalue weighted by molar-refractivity contribution is -0.142. The Morgan fingerprint density at radius 2 is 1.66 bits per heavy atom. The van der Waals surface area contributed by atoms with Crippen LogP contribution >= 0.6 is 45.8 Å². The first-order chi connectivity index (χ1) is 17.9. The van der Waals surface area contributed by atoms with Crippen LogP contribution in [-0.4, -0.2) is 41.6 Å². The molecule has 1 aliphatic heterocycles. The fraction of sp³-hybridized carbons (Fsp3) is 0.536. The number of rotatable bonds is 8. The Morgan fingerprint density at radius 1 is 1.03 bits per heavy atom. The summed E-state index contributed by atoms with van der Waals surface area (Å²) in [6.45, 7) is 2.51. The number of anilines is 1. The van der Waals surface area contributed by atoms with Crippen molar-refractivity contribution in [2.45, 2.75) is 56.3 Å². The van der Waals surface area contributed by atoms with E-state index in [1.54, 1.807) is 6.07 Å². The molecular weight excluding hydrogens is 651 g/mol. The van der Waals surface area contributed by atoms with Gasteiger partial charge >= 0.3 is 6.18 Å². The maximum Gasteiger partial charge on any atom is 0.416 e. The normalized spacial score (nSPS) is 27.2. The van der Waals surface area contributed by atoms with E-state index >= 15 is 0 Å². The second-order valence-electron chi connectivity index (χ2n) is 11.4. The van der Waals surface area contributed by atoms with Gasteiger partial charge in [0.1, 0.15) is 0 Å². The molecule has 1 amide bonds. The molecule has 1 atom stereocenters. The Balaban J connectivity index is 1.32. The first-order valence-corrected chi connectivity index (χ1v) is 14.9. The van der Waals surface area contributed by atoms with Crippen molar-refractivity contribution in [3.05, 3.63) is 60.6 Å². The molecule has 1 heterocycles. The van der Waals surface area contributed by atoms with Crippen molar-refractivity contribution in [1.29, 1.82) is 0 Å². The quantitative estimate of drug-likeness (QED) is 0.303. The summed E-state index contributed by atoms with van der Waals surface area (Å²) in [6, 6.07) is 7.05. The van der Waals surface area contributed by atoms with Crippen LogP contribution in [0.3, 0.4) is 0 Å². The minimum atomic E-state index is -4.78. The third-order valence-corrected chi connectivity index (χ3v) is 9.63. The van der Waals surface area contributed by atoms with Gasteiger partial charge in [-0.15, -0.1) is 0 Å². The van der Waals surface area contributed by atoms with E-state index in [9.17, 15) is 23.1 Å². The van der Waals surface area contributed by atoms with Gasteiger partial charge in [0, 0.05) is 50.4 Å². The Kier molecular flexibility index (Phi) is 6.98. The molecule has 1 unspecified atom stereocenters. The Bertz CT molecular complexity index is 1260. The molecule has 6 rings (SSSR count). The predicted octanol–water partition coefficient (Wildman–Crippen LogP) is 7.10. The summed E-state index contributed by atoms with van der Waals surface area (Å²) >= 11 is 14.2. The molecule has 3 fully saturated rings. The van der Waals surface area contributed by atoms with Gasteiger partial charge in [0.05, 0.1) is 11.3 Å². The molecule has 204 valence electrons. The minimum absolute atomic E-state index is 0.0627. The van der Waals surface area contributed by atoms with Crippen LogP contribution in [0.15, 0.2) is 30.3 Å². The zero-order valence-corrected chi connectivity index (χ0v) is 24.2. The molecule has 2 aromatic carbocycles. The molecule has 0 radical (unpaired) electrons. The number of carbonyl (C=O) groups excluding carboxylic acids is 1. The highest BCUT2D eigenvalue weighted by molar-refractivity contribution is 14.1. The zero-order valence-electron chi connectivity index (χ0n) is 20.6. The lowest BCUT2D eigenvalue weighted by atomic mass is 9.78. The third-order valence-electron chi connectivity index (χ3n) is 8.46. The fourth-order valence-electron chi connectivity index (χ4n) is 6.08. The third kappa shape index (κ3) is 4.97. The fourth-order valence-corrected chi connectivity index (χ4v) is 7.23. The highest BCUT2D eigenvalue weighted by Gasteiger charge is 2.57. The van der Waals surface area contributed by atoms with Gasteiger partial charge in [0.2, 0.25) is 0 Å². The molecule has 4 nitrogen and oxygen atoms in total. The maximum absolute atomic E-state index is 14.3. The van der Waals surface area contributed by atoms with Gasteiger partial charge in [-0.1, -0.05) is 29.3 Å². The van der Waals surface area contributed by atoms with Gasteiger partial charge < -0.3 is 10.0 Å². The summed E-state index contributed by atoms with van der Waals surface area (Å²) in [4.78, 5) is 17.9. The molecule has 0 saturated heterocycles. The van der Waals surface area contributed by atoms with Crippen LogP contribution in [0.4, 0.5) is 18.9 Å². The summed E-state index contributed by atoms with van der Waals surface area (Å²) in [7, 11) is 0. The summed E-state index contributed by atoms with van der Waals surface area (Å²) in [5.41, 5.74) is -4.07. The number of fused-ring (bicyclic) bond motifs is 1. The average molecular weight is 679 g/mol. The SMILES string of the molecule is O=C1N(CC2CC(N(CC3CC3)CC3CC3)C2)c2cc(I)cc(C(F)(F)F)c2C1(O)c1ccc(Cl)cc1Cl. The Morgan fingerprint density at radius 3 is 2.21 bits per heavy atom. The van der Waals surface area contributed by atoms with E-state index in [0.717, 1.165) is 43.8 Å². The highest BCUT2D eigenvalue weighted by Crippen LogP contribution is 2.53. The number of hydrogen-bond donors (Lipinski definition) is 1. The summed E-state index contributed by atoms with van der Waals surface area (Å²) in [6.07, 6.45) is 2.20. The molecule has 2 aromatic rings. The Hall–Kier alpha value is -1.07. The number of aliphatic hydroxyl groups is 1. The van der Waals surface area contributed by atoms with Crippen LogP contribution < -0.4 is 4.90 Å². The second-order valence-corrected chi connectivity index (χ2v) is 13.5. The smallest absolute Gasteiger partial charge is 0.372 e. The van der Waals surface area contributed by atoms with E-state index in [1.807, 2.05) is 22.6 Å². The number of carbonyl (C=O) groups is 1. The largest absolute Gasteiger partial charge is 0.416 e. The van der Waals surface area contributed by atoms with Crippen LogP contribution in [-0.2, 0) is 16.6 Å². The Labute approximate surface area is 243 Å². The van der Waals surface area contributed by atoms with Gasteiger partial charge in [0.25, 0.3) is 5.91 Å². The molecule has 1 N–H and O–H groups in total. The molecule has 3 aliphatic carbocycles. The number of nitrogens with zero attached hydrogens (tertiary/aromatic N) is 2. The minimum Gasteiger partial charge on any atom is -0.372 e. The summed E-state index contributed by atoms with van der Waals surface area (Å²) in [5, 5.41) is 12.1. The lowest BCUT2D eigenvalue weighted by Gasteiger charge is -2.44. The van der Waals surface area contributed by atoms with Crippen molar-refractivity contribution >= 4 is 57.4 Å². The van der Waals surface area contributed by atoms with E-state index in [1.165, 1.54) is 48.8 Å². The number of amides is 1. The zero-order chi connectivity index (χ0) is 27.0. The van der Waals surface area contributed by atoms with E-state index in [2.05, 4.69) is 4.90 Å². The topological polar surface area (TPSA) is 43.8 Å². The van der Waals surface area contributed by atoms with Crippen LogP contribution in [0.25, 0.3) is 0 Å². The molecule has 38 heavy (non-hydrogen) atoms. The van der Waals surface area contributed by atoms with E-state index < -0.39 is 28.8 Å². The van der Waals surface area contributed by atoms with E-state index in [-0.39, 0.29) is 33.8 Å². The van der Waals surface area contributed by atoms with Crippen LogP contribution in [0.2, 0.25) is 10.0 Å². The molecule has 4 aliphatic rings. The van der Waals surface area contributed by atoms with Crippen LogP contribution in [0, 0.1) is 21.3 Å². The highest BCUT2D eigenvalue weighted by atomic mass is 127. The predicted molar refractivity (Wildman–Crippen MR) is 150 cm³/mol. The van der Waals surface area contributed by atoms with Gasteiger partial charge in [-0.25, -0.2) is 0 Å². The first-order valence-electron chi connectivity index (χ1n) is 13.1. The van der Waals surface area contributed by atoms with Crippen LogP contribution in [0.1, 0.15) is 55.2 Å². The number of halogens is 6. The molecule has 0 aromatic heterocycles. The number of benzene rings is 2. The monoisotopic (exact) mass is 678 g/mol. The summed E-state index contributed by atoms with van der Waals surface area (Å²) < 4.78 is 43.2. The molecule has 10 heteroatoms. The first kappa shape index (κ1) is 27.1.